The third-order valence-corrected chi connectivity index (χ3v) is 5.53. The molecule has 2 heterocycles. The van der Waals surface area contributed by atoms with Crippen molar-refractivity contribution in [3.8, 4) is 0 Å². The maximum absolute atomic E-state index is 11.4. The molecule has 0 spiro atoms. The SMILES string of the molecule is CCNC(=NCCN1CCN(C(C)=O)CC1)N1CCN(c2ccccc2)CC1. The van der Waals surface area contributed by atoms with Gasteiger partial charge in [0.25, 0.3) is 0 Å². The number of hydrogen-bond acceptors (Lipinski definition) is 4. The largest absolute Gasteiger partial charge is 0.368 e. The van der Waals surface area contributed by atoms with Crippen molar-refractivity contribution >= 4 is 17.6 Å². The summed E-state index contributed by atoms with van der Waals surface area (Å²) in [5.41, 5.74) is 1.30. The molecule has 3 rings (SSSR count). The second-order valence-corrected chi connectivity index (χ2v) is 7.39. The zero-order valence-corrected chi connectivity index (χ0v) is 17.3. The fourth-order valence-electron chi connectivity index (χ4n) is 3.82. The number of rotatable bonds is 5. The van der Waals surface area contributed by atoms with Crippen molar-refractivity contribution in [2.45, 2.75) is 13.8 Å². The Hall–Kier alpha value is -2.28. The number of carbonyl (C=O) groups is 1. The van der Waals surface area contributed by atoms with Gasteiger partial charge in [-0.1, -0.05) is 18.2 Å². The van der Waals surface area contributed by atoms with Gasteiger partial charge in [-0.05, 0) is 19.1 Å². The lowest BCUT2D eigenvalue weighted by Crippen LogP contribution is -2.53. The third kappa shape index (κ3) is 5.61. The first-order valence-corrected chi connectivity index (χ1v) is 10.5. The summed E-state index contributed by atoms with van der Waals surface area (Å²) in [5.74, 6) is 1.21. The first-order valence-electron chi connectivity index (χ1n) is 10.5. The van der Waals surface area contributed by atoms with Gasteiger partial charge >= 0.3 is 0 Å². The molecule has 7 nitrogen and oxygen atoms in total. The molecule has 1 aromatic carbocycles. The minimum atomic E-state index is 0.182. The van der Waals surface area contributed by atoms with Crippen LogP contribution in [0.25, 0.3) is 0 Å². The number of benzene rings is 1. The van der Waals surface area contributed by atoms with E-state index in [1.54, 1.807) is 6.92 Å². The molecule has 0 saturated carbocycles. The summed E-state index contributed by atoms with van der Waals surface area (Å²) in [7, 11) is 0. The molecule has 2 saturated heterocycles. The quantitative estimate of drug-likeness (QED) is 0.603. The summed E-state index contributed by atoms with van der Waals surface area (Å²) in [6.45, 7) is 14.0. The lowest BCUT2D eigenvalue weighted by Gasteiger charge is -2.38. The van der Waals surface area contributed by atoms with Crippen LogP contribution in [-0.4, -0.2) is 98.6 Å². The van der Waals surface area contributed by atoms with E-state index in [4.69, 9.17) is 4.99 Å². The molecule has 0 atom stereocenters. The number of carbonyl (C=O) groups excluding carboxylic acids is 1. The molecule has 154 valence electrons. The van der Waals surface area contributed by atoms with Gasteiger partial charge in [0.15, 0.2) is 5.96 Å². The van der Waals surface area contributed by atoms with Crippen LogP contribution in [0.15, 0.2) is 35.3 Å². The van der Waals surface area contributed by atoms with Gasteiger partial charge in [-0.3, -0.25) is 14.7 Å². The van der Waals surface area contributed by atoms with Gasteiger partial charge in [0.05, 0.1) is 6.54 Å². The summed E-state index contributed by atoms with van der Waals surface area (Å²) in [5, 5.41) is 3.45. The summed E-state index contributed by atoms with van der Waals surface area (Å²) >= 11 is 0. The summed E-state index contributed by atoms with van der Waals surface area (Å²) in [4.78, 5) is 25.5. The Morgan fingerprint density at radius 2 is 1.61 bits per heavy atom. The van der Waals surface area contributed by atoms with Crippen LogP contribution in [0.4, 0.5) is 5.69 Å². The van der Waals surface area contributed by atoms with Crippen LogP contribution in [0.5, 0.6) is 0 Å². The Morgan fingerprint density at radius 3 is 2.21 bits per heavy atom. The van der Waals surface area contributed by atoms with E-state index in [1.165, 1.54) is 5.69 Å². The molecule has 1 N–H and O–H groups in total. The molecular weight excluding hydrogens is 352 g/mol. The first-order chi connectivity index (χ1) is 13.7. The normalized spacial score (nSPS) is 19.1. The van der Waals surface area contributed by atoms with Crippen molar-refractivity contribution in [2.75, 3.05) is 76.9 Å². The van der Waals surface area contributed by atoms with Crippen LogP contribution >= 0.6 is 0 Å². The van der Waals surface area contributed by atoms with Gasteiger partial charge < -0.3 is 20.0 Å². The second kappa shape index (κ2) is 10.3. The third-order valence-electron chi connectivity index (χ3n) is 5.53. The van der Waals surface area contributed by atoms with Gasteiger partial charge in [-0.25, -0.2) is 0 Å². The van der Waals surface area contributed by atoms with Gasteiger partial charge in [0.1, 0.15) is 0 Å². The van der Waals surface area contributed by atoms with E-state index < -0.39 is 0 Å². The van der Waals surface area contributed by atoms with Gasteiger partial charge in [0.2, 0.25) is 5.91 Å². The molecule has 0 aliphatic carbocycles. The zero-order valence-electron chi connectivity index (χ0n) is 17.3. The molecule has 2 aliphatic rings. The molecular formula is C21H34N6O. The fraction of sp³-hybridized carbons (Fsp3) is 0.619. The van der Waals surface area contributed by atoms with Crippen LogP contribution < -0.4 is 10.2 Å². The highest BCUT2D eigenvalue weighted by Gasteiger charge is 2.20. The van der Waals surface area contributed by atoms with Crippen LogP contribution in [-0.2, 0) is 4.79 Å². The topological polar surface area (TPSA) is 54.4 Å². The van der Waals surface area contributed by atoms with E-state index in [0.29, 0.717) is 0 Å². The number of piperazine rings is 2. The minimum absolute atomic E-state index is 0.182. The predicted octanol–water partition coefficient (Wildman–Crippen LogP) is 0.938. The molecule has 2 fully saturated rings. The van der Waals surface area contributed by atoms with Crippen molar-refractivity contribution in [2.24, 2.45) is 4.99 Å². The maximum atomic E-state index is 11.4. The fourth-order valence-corrected chi connectivity index (χ4v) is 3.82. The first kappa shape index (κ1) is 20.5. The monoisotopic (exact) mass is 386 g/mol. The molecule has 28 heavy (non-hydrogen) atoms. The van der Waals surface area contributed by atoms with Crippen LogP contribution in [0.3, 0.4) is 0 Å². The number of nitrogens with one attached hydrogen (secondary N) is 1. The van der Waals surface area contributed by atoms with E-state index in [2.05, 4.69) is 57.3 Å². The van der Waals surface area contributed by atoms with E-state index in [9.17, 15) is 4.79 Å². The molecule has 2 aliphatic heterocycles. The molecule has 0 bridgehead atoms. The molecule has 0 unspecified atom stereocenters. The smallest absolute Gasteiger partial charge is 0.219 e. The number of nitrogens with zero attached hydrogens (tertiary/aromatic N) is 5. The highest BCUT2D eigenvalue weighted by Crippen LogP contribution is 2.15. The highest BCUT2D eigenvalue weighted by molar-refractivity contribution is 5.80. The van der Waals surface area contributed by atoms with Crippen molar-refractivity contribution < 1.29 is 4.79 Å². The Morgan fingerprint density at radius 1 is 0.964 bits per heavy atom. The standard InChI is InChI=1S/C21H34N6O/c1-3-22-21(23-9-10-24-11-13-25(14-12-24)19(2)28)27-17-15-26(16-18-27)20-7-5-4-6-8-20/h4-8H,3,9-18H2,1-2H3,(H,22,23). The van der Waals surface area contributed by atoms with E-state index in [1.807, 2.05) is 4.90 Å². The number of guanidine groups is 1. The van der Waals surface area contributed by atoms with Crippen molar-refractivity contribution in [1.29, 1.82) is 0 Å². The van der Waals surface area contributed by atoms with E-state index >= 15 is 0 Å². The number of anilines is 1. The number of aliphatic imine (C=N–C) groups is 1. The van der Waals surface area contributed by atoms with Gasteiger partial charge in [0, 0.05) is 78.1 Å². The van der Waals surface area contributed by atoms with Crippen LogP contribution in [0.1, 0.15) is 13.8 Å². The van der Waals surface area contributed by atoms with E-state index in [-0.39, 0.29) is 5.91 Å². The van der Waals surface area contributed by atoms with Crippen molar-refractivity contribution in [3.63, 3.8) is 0 Å². The molecule has 1 aromatic rings. The second-order valence-electron chi connectivity index (χ2n) is 7.39. The number of amides is 1. The highest BCUT2D eigenvalue weighted by atomic mass is 16.2. The number of para-hydroxylation sites is 1. The van der Waals surface area contributed by atoms with Gasteiger partial charge in [-0.15, -0.1) is 0 Å². The molecule has 7 heteroatoms. The lowest BCUT2D eigenvalue weighted by atomic mass is 10.2. The Balaban J connectivity index is 1.46. The summed E-state index contributed by atoms with van der Waals surface area (Å²) in [6.07, 6.45) is 0. The summed E-state index contributed by atoms with van der Waals surface area (Å²) < 4.78 is 0. The predicted molar refractivity (Wildman–Crippen MR) is 115 cm³/mol. The Kier molecular flexibility index (Phi) is 7.54. The minimum Gasteiger partial charge on any atom is -0.368 e. The Bertz CT molecular complexity index is 634. The molecule has 0 radical (unpaired) electrons. The average Bonchev–Trinajstić information content (AvgIpc) is 2.74. The summed E-state index contributed by atoms with van der Waals surface area (Å²) in [6, 6.07) is 10.6. The van der Waals surface area contributed by atoms with Crippen LogP contribution in [0, 0.1) is 0 Å². The maximum Gasteiger partial charge on any atom is 0.219 e. The van der Waals surface area contributed by atoms with E-state index in [0.717, 1.165) is 78.0 Å². The molecule has 0 aromatic heterocycles. The van der Waals surface area contributed by atoms with Gasteiger partial charge in [-0.2, -0.15) is 0 Å². The van der Waals surface area contributed by atoms with Crippen molar-refractivity contribution in [3.05, 3.63) is 30.3 Å². The van der Waals surface area contributed by atoms with Crippen LogP contribution in [0.2, 0.25) is 0 Å². The average molecular weight is 387 g/mol. The van der Waals surface area contributed by atoms with Crippen molar-refractivity contribution in [1.82, 2.24) is 20.0 Å². The lowest BCUT2D eigenvalue weighted by molar-refractivity contribution is -0.130. The molecule has 1 amide bonds. The zero-order chi connectivity index (χ0) is 19.8. The Labute approximate surface area is 169 Å². The number of hydrogen-bond donors (Lipinski definition) is 1.